The molecular formula is C34H30N2Si. The van der Waals surface area contributed by atoms with Crippen molar-refractivity contribution in [2.24, 2.45) is 14.1 Å². The summed E-state index contributed by atoms with van der Waals surface area (Å²) in [6.45, 7) is 5.31. The molecule has 4 aromatic carbocycles. The number of hydrogen-bond donors (Lipinski definition) is 0. The van der Waals surface area contributed by atoms with E-state index in [1.165, 1.54) is 55.4 Å². The first-order valence-electron chi connectivity index (χ1n) is 13.3. The van der Waals surface area contributed by atoms with Crippen LogP contribution in [0.1, 0.15) is 33.3 Å². The Labute approximate surface area is 218 Å². The van der Waals surface area contributed by atoms with Gasteiger partial charge in [0.25, 0.3) is 0 Å². The molecule has 2 aliphatic carbocycles. The lowest BCUT2D eigenvalue weighted by Crippen LogP contribution is -2.42. The second-order valence-corrected chi connectivity index (χ2v) is 16.3. The molecule has 37 heavy (non-hydrogen) atoms. The Morgan fingerprint density at radius 2 is 0.892 bits per heavy atom. The molecule has 0 saturated heterocycles. The number of nitrogens with zero attached hydrogens (tertiary/aromatic N) is 2. The molecule has 0 fully saturated rings. The van der Waals surface area contributed by atoms with E-state index in [-0.39, 0.29) is 0 Å². The smallest absolute Gasteiger partial charge is 0.0733 e. The Bertz CT molecular complexity index is 1760. The van der Waals surface area contributed by atoms with Crippen LogP contribution >= 0.6 is 0 Å². The third kappa shape index (κ3) is 2.50. The lowest BCUT2D eigenvalue weighted by atomic mass is 10.1. The fraction of sp³-hybridized carbons (Fsp3) is 0.176. The average Bonchev–Trinajstić information content (AvgIpc) is 3.62. The molecule has 0 bridgehead atoms. The van der Waals surface area contributed by atoms with Gasteiger partial charge in [0.2, 0.25) is 0 Å². The lowest BCUT2D eigenvalue weighted by Gasteiger charge is -2.38. The van der Waals surface area contributed by atoms with Gasteiger partial charge in [0.15, 0.2) is 0 Å². The molecule has 8 rings (SSSR count). The van der Waals surface area contributed by atoms with Gasteiger partial charge in [-0.1, -0.05) is 98.0 Å². The van der Waals surface area contributed by atoms with Crippen LogP contribution in [-0.4, -0.2) is 17.2 Å². The fourth-order valence-corrected chi connectivity index (χ4v) is 12.5. The Hall–Kier alpha value is -3.82. The van der Waals surface area contributed by atoms with E-state index in [2.05, 4.69) is 133 Å². The van der Waals surface area contributed by atoms with Gasteiger partial charge in [-0.05, 0) is 34.4 Å². The molecule has 0 radical (unpaired) electrons. The van der Waals surface area contributed by atoms with Crippen molar-refractivity contribution in [3.05, 3.63) is 119 Å². The van der Waals surface area contributed by atoms with Gasteiger partial charge >= 0.3 is 0 Å². The SMILES string of the molecule is Cn1c2c(c3ccccc31)C([Si](C)(C)C1c3ccccc3-c3c1c1ccccc1n3C)c1ccccc1-2. The molecule has 2 aliphatic rings. The van der Waals surface area contributed by atoms with Crippen molar-refractivity contribution in [3.63, 3.8) is 0 Å². The van der Waals surface area contributed by atoms with Crippen LogP contribution in [0.2, 0.25) is 13.1 Å². The molecule has 3 heteroatoms. The molecule has 0 spiro atoms. The number of rotatable bonds is 2. The van der Waals surface area contributed by atoms with E-state index in [9.17, 15) is 0 Å². The van der Waals surface area contributed by atoms with Crippen molar-refractivity contribution < 1.29 is 0 Å². The minimum absolute atomic E-state index is 0.424. The predicted octanol–water partition coefficient (Wildman–Crippen LogP) is 8.38. The molecule has 6 aromatic rings. The maximum absolute atomic E-state index is 2.66. The normalized spacial score (nSPS) is 17.7. The van der Waals surface area contributed by atoms with Gasteiger partial charge in [-0.15, -0.1) is 0 Å². The summed E-state index contributed by atoms with van der Waals surface area (Å²) < 4.78 is 4.89. The van der Waals surface area contributed by atoms with Crippen LogP contribution in [-0.2, 0) is 14.1 Å². The Kier molecular flexibility index (Phi) is 4.11. The monoisotopic (exact) mass is 494 g/mol. The number of hydrogen-bond acceptors (Lipinski definition) is 0. The summed E-state index contributed by atoms with van der Waals surface area (Å²) in [7, 11) is 2.43. The highest BCUT2D eigenvalue weighted by molar-refractivity contribution is 6.82. The van der Waals surface area contributed by atoms with Crippen molar-refractivity contribution in [3.8, 4) is 22.5 Å². The summed E-state index contributed by atoms with van der Waals surface area (Å²) in [6, 6.07) is 36.5. The van der Waals surface area contributed by atoms with Crippen LogP contribution in [0.3, 0.4) is 0 Å². The standard InChI is InChI=1S/C34H30N2Si/c1-35-27-19-11-9-17-25(27)29-31(35)21-13-5-7-15-23(21)33(29)37(3,4)34-24-16-8-6-14-22(24)32-30(34)26-18-10-12-20-28(26)36(32)2/h5-20,33-34H,1-4H3. The Morgan fingerprint density at radius 3 is 1.35 bits per heavy atom. The van der Waals surface area contributed by atoms with Crippen molar-refractivity contribution in [2.75, 3.05) is 0 Å². The molecular weight excluding hydrogens is 464 g/mol. The first-order valence-corrected chi connectivity index (χ1v) is 16.5. The van der Waals surface area contributed by atoms with E-state index in [1.807, 2.05) is 0 Å². The van der Waals surface area contributed by atoms with E-state index >= 15 is 0 Å². The highest BCUT2D eigenvalue weighted by Gasteiger charge is 2.52. The van der Waals surface area contributed by atoms with Gasteiger partial charge in [0.1, 0.15) is 0 Å². The van der Waals surface area contributed by atoms with Crippen molar-refractivity contribution in [1.29, 1.82) is 0 Å². The number of fused-ring (bicyclic) bond motifs is 10. The summed E-state index contributed by atoms with van der Waals surface area (Å²) in [5.41, 5.74) is 15.4. The largest absolute Gasteiger partial charge is 0.343 e. The molecule has 0 saturated carbocycles. The third-order valence-electron chi connectivity index (χ3n) is 9.41. The Balaban J connectivity index is 1.46. The zero-order chi connectivity index (χ0) is 25.1. The van der Waals surface area contributed by atoms with Gasteiger partial charge in [-0.3, -0.25) is 0 Å². The summed E-state index contributed by atoms with van der Waals surface area (Å²) in [6.07, 6.45) is 0. The molecule has 180 valence electrons. The molecule has 2 aromatic heterocycles. The minimum atomic E-state index is -2.08. The fourth-order valence-electron chi connectivity index (χ4n) is 8.03. The van der Waals surface area contributed by atoms with E-state index < -0.39 is 8.07 Å². The van der Waals surface area contributed by atoms with Gasteiger partial charge in [0.05, 0.1) is 19.5 Å². The van der Waals surface area contributed by atoms with Crippen LogP contribution in [0.25, 0.3) is 44.3 Å². The van der Waals surface area contributed by atoms with Crippen LogP contribution in [0.15, 0.2) is 97.1 Å². The Morgan fingerprint density at radius 1 is 0.514 bits per heavy atom. The lowest BCUT2D eigenvalue weighted by molar-refractivity contribution is 0.970. The van der Waals surface area contributed by atoms with Crippen LogP contribution in [0.5, 0.6) is 0 Å². The molecule has 2 nitrogen and oxygen atoms in total. The second kappa shape index (κ2) is 7.14. The van der Waals surface area contributed by atoms with Gasteiger partial charge in [0, 0.05) is 58.1 Å². The van der Waals surface area contributed by atoms with E-state index in [1.54, 1.807) is 11.1 Å². The van der Waals surface area contributed by atoms with E-state index in [0.29, 0.717) is 11.1 Å². The topological polar surface area (TPSA) is 9.86 Å². The molecule has 0 amide bonds. The molecule has 0 aliphatic heterocycles. The third-order valence-corrected chi connectivity index (χ3v) is 13.6. The van der Waals surface area contributed by atoms with Gasteiger partial charge < -0.3 is 9.13 Å². The van der Waals surface area contributed by atoms with Crippen molar-refractivity contribution in [1.82, 2.24) is 9.13 Å². The zero-order valence-corrected chi connectivity index (χ0v) is 22.8. The predicted molar refractivity (Wildman–Crippen MR) is 158 cm³/mol. The number of benzene rings is 4. The van der Waals surface area contributed by atoms with E-state index in [4.69, 9.17) is 0 Å². The minimum Gasteiger partial charge on any atom is -0.343 e. The number of aryl methyl sites for hydroxylation is 2. The first kappa shape index (κ1) is 21.3. The molecule has 0 N–H and O–H groups in total. The number of para-hydroxylation sites is 2. The zero-order valence-electron chi connectivity index (χ0n) is 21.8. The van der Waals surface area contributed by atoms with Crippen LogP contribution in [0.4, 0.5) is 0 Å². The van der Waals surface area contributed by atoms with Crippen molar-refractivity contribution >= 4 is 29.9 Å². The maximum Gasteiger partial charge on any atom is 0.0733 e. The second-order valence-electron chi connectivity index (χ2n) is 11.5. The highest BCUT2D eigenvalue weighted by atomic mass is 28.3. The first-order chi connectivity index (χ1) is 18.0. The van der Waals surface area contributed by atoms with Crippen LogP contribution in [0, 0.1) is 0 Å². The molecule has 2 atom stereocenters. The van der Waals surface area contributed by atoms with Gasteiger partial charge in [-0.25, -0.2) is 0 Å². The number of aromatic nitrogens is 2. The highest BCUT2D eigenvalue weighted by Crippen LogP contribution is 2.60. The molecule has 2 heterocycles. The quantitative estimate of drug-likeness (QED) is 0.214. The summed E-state index contributed by atoms with van der Waals surface area (Å²) in [5, 5.41) is 2.84. The van der Waals surface area contributed by atoms with Crippen LogP contribution < -0.4 is 0 Å². The van der Waals surface area contributed by atoms with E-state index in [0.717, 1.165) is 0 Å². The summed E-state index contributed by atoms with van der Waals surface area (Å²) >= 11 is 0. The van der Waals surface area contributed by atoms with Gasteiger partial charge in [-0.2, -0.15) is 0 Å². The summed E-state index contributed by atoms with van der Waals surface area (Å²) in [4.78, 5) is 0. The summed E-state index contributed by atoms with van der Waals surface area (Å²) in [5.74, 6) is 0. The average molecular weight is 495 g/mol. The van der Waals surface area contributed by atoms with Crippen molar-refractivity contribution in [2.45, 2.75) is 24.2 Å². The maximum atomic E-state index is 2.66. The molecule has 2 unspecified atom stereocenters.